The van der Waals surface area contributed by atoms with Gasteiger partial charge >= 0.3 is 0 Å². The Morgan fingerprint density at radius 3 is 2.65 bits per heavy atom. The highest BCUT2D eigenvalue weighted by Gasteiger charge is 2.14. The van der Waals surface area contributed by atoms with Crippen LogP contribution in [0.3, 0.4) is 0 Å². The summed E-state index contributed by atoms with van der Waals surface area (Å²) in [5, 5.41) is 3.84. The number of hydrogen-bond donors (Lipinski definition) is 1. The minimum atomic E-state index is -0.297. The van der Waals surface area contributed by atoms with Crippen molar-refractivity contribution in [2.75, 3.05) is 23.8 Å². The van der Waals surface area contributed by atoms with Crippen molar-refractivity contribution in [3.8, 4) is 11.3 Å². The SMILES string of the molecule is Cc1sc(NC(=O)CN(C)c2ccc(Cl)cn2)nc1-c1ccc(F)cc1. The van der Waals surface area contributed by atoms with Crippen LogP contribution >= 0.6 is 22.9 Å². The molecule has 8 heteroatoms. The second kappa shape index (κ2) is 7.80. The van der Waals surface area contributed by atoms with Crippen molar-refractivity contribution in [1.29, 1.82) is 0 Å². The van der Waals surface area contributed by atoms with E-state index in [1.54, 1.807) is 36.2 Å². The van der Waals surface area contributed by atoms with Crippen molar-refractivity contribution in [3.05, 3.63) is 58.3 Å². The van der Waals surface area contributed by atoms with Crippen LogP contribution in [0, 0.1) is 12.7 Å². The van der Waals surface area contributed by atoms with Gasteiger partial charge in [0.2, 0.25) is 5.91 Å². The molecule has 5 nitrogen and oxygen atoms in total. The van der Waals surface area contributed by atoms with Crippen molar-refractivity contribution >= 4 is 39.8 Å². The lowest BCUT2D eigenvalue weighted by Crippen LogP contribution is -2.30. The van der Waals surface area contributed by atoms with Gasteiger partial charge in [0, 0.05) is 23.7 Å². The Kier molecular flexibility index (Phi) is 5.49. The molecule has 0 atom stereocenters. The third kappa shape index (κ3) is 4.36. The summed E-state index contributed by atoms with van der Waals surface area (Å²) in [6, 6.07) is 9.58. The molecular weight excluding hydrogens is 375 g/mol. The van der Waals surface area contributed by atoms with Gasteiger partial charge in [-0.2, -0.15) is 0 Å². The first-order chi connectivity index (χ1) is 12.4. The number of hydrogen-bond acceptors (Lipinski definition) is 5. The molecule has 1 N–H and O–H groups in total. The largest absolute Gasteiger partial charge is 0.350 e. The molecule has 134 valence electrons. The van der Waals surface area contributed by atoms with E-state index in [9.17, 15) is 9.18 Å². The highest BCUT2D eigenvalue weighted by Crippen LogP contribution is 2.30. The molecule has 0 saturated carbocycles. The van der Waals surface area contributed by atoms with Crippen LogP contribution in [-0.2, 0) is 4.79 Å². The summed E-state index contributed by atoms with van der Waals surface area (Å²) in [5.74, 6) is 0.143. The van der Waals surface area contributed by atoms with E-state index in [4.69, 9.17) is 11.6 Å². The molecule has 0 spiro atoms. The van der Waals surface area contributed by atoms with Gasteiger partial charge in [-0.25, -0.2) is 14.4 Å². The molecule has 0 radical (unpaired) electrons. The predicted molar refractivity (Wildman–Crippen MR) is 103 cm³/mol. The number of aromatic nitrogens is 2. The average molecular weight is 391 g/mol. The Morgan fingerprint density at radius 1 is 1.27 bits per heavy atom. The smallest absolute Gasteiger partial charge is 0.245 e. The van der Waals surface area contributed by atoms with Crippen molar-refractivity contribution < 1.29 is 9.18 Å². The standard InChI is InChI=1S/C18H16ClFN4OS/c1-11-17(12-3-6-14(20)7-4-12)23-18(26-11)22-16(25)10-24(2)15-8-5-13(19)9-21-15/h3-9H,10H2,1-2H3,(H,22,23,25). The molecule has 0 unspecified atom stereocenters. The lowest BCUT2D eigenvalue weighted by Gasteiger charge is -2.16. The average Bonchev–Trinajstić information content (AvgIpc) is 2.96. The molecule has 2 aromatic heterocycles. The van der Waals surface area contributed by atoms with Crippen LogP contribution in [-0.4, -0.2) is 29.5 Å². The van der Waals surface area contributed by atoms with Crippen molar-refractivity contribution in [2.24, 2.45) is 0 Å². The van der Waals surface area contributed by atoms with Gasteiger partial charge in [-0.3, -0.25) is 4.79 Å². The molecule has 0 aliphatic carbocycles. The molecule has 0 aliphatic rings. The van der Waals surface area contributed by atoms with E-state index in [1.165, 1.54) is 29.7 Å². The molecule has 3 aromatic rings. The number of rotatable bonds is 5. The number of likely N-dealkylation sites (N-methyl/N-ethyl adjacent to an activating group) is 1. The topological polar surface area (TPSA) is 58.1 Å². The van der Waals surface area contributed by atoms with Crippen LogP contribution in [0.5, 0.6) is 0 Å². The Hall–Kier alpha value is -2.51. The van der Waals surface area contributed by atoms with Crippen molar-refractivity contribution in [3.63, 3.8) is 0 Å². The molecular formula is C18H16ClFN4OS. The Bertz CT molecular complexity index is 912. The summed E-state index contributed by atoms with van der Waals surface area (Å²) in [5.41, 5.74) is 1.54. The summed E-state index contributed by atoms with van der Waals surface area (Å²) < 4.78 is 13.1. The van der Waals surface area contributed by atoms with E-state index in [-0.39, 0.29) is 18.3 Å². The van der Waals surface area contributed by atoms with Gasteiger partial charge in [0.1, 0.15) is 11.6 Å². The molecule has 0 aliphatic heterocycles. The number of pyridine rings is 1. The fourth-order valence-corrected chi connectivity index (χ4v) is 3.34. The van der Waals surface area contributed by atoms with Gasteiger partial charge in [0.25, 0.3) is 0 Å². The zero-order valence-corrected chi connectivity index (χ0v) is 15.7. The highest BCUT2D eigenvalue weighted by atomic mass is 35.5. The van der Waals surface area contributed by atoms with Crippen molar-refractivity contribution in [1.82, 2.24) is 9.97 Å². The third-order valence-electron chi connectivity index (χ3n) is 3.64. The first-order valence-corrected chi connectivity index (χ1v) is 8.98. The van der Waals surface area contributed by atoms with E-state index in [1.807, 2.05) is 6.92 Å². The Labute approximate surface area is 159 Å². The van der Waals surface area contributed by atoms with Gasteiger partial charge in [0.05, 0.1) is 17.3 Å². The molecule has 26 heavy (non-hydrogen) atoms. The van der Waals surface area contributed by atoms with E-state index < -0.39 is 0 Å². The monoisotopic (exact) mass is 390 g/mol. The van der Waals surface area contributed by atoms with Crippen LogP contribution in [0.2, 0.25) is 5.02 Å². The minimum Gasteiger partial charge on any atom is -0.350 e. The molecule has 0 bridgehead atoms. The van der Waals surface area contributed by atoms with E-state index in [0.717, 1.165) is 16.1 Å². The second-order valence-electron chi connectivity index (χ2n) is 5.67. The second-order valence-corrected chi connectivity index (χ2v) is 7.31. The van der Waals surface area contributed by atoms with Gasteiger partial charge in [-0.05, 0) is 43.3 Å². The number of carbonyl (C=O) groups is 1. The summed E-state index contributed by atoms with van der Waals surface area (Å²) in [6.07, 6.45) is 1.53. The molecule has 0 fully saturated rings. The number of thiazole rings is 1. The number of aryl methyl sites for hydroxylation is 1. The van der Waals surface area contributed by atoms with Gasteiger partial charge in [-0.1, -0.05) is 11.6 Å². The van der Waals surface area contributed by atoms with Crippen LogP contribution in [0.15, 0.2) is 42.6 Å². The number of benzene rings is 1. The number of nitrogens with zero attached hydrogens (tertiary/aromatic N) is 3. The fourth-order valence-electron chi connectivity index (χ4n) is 2.37. The van der Waals surface area contributed by atoms with Crippen LogP contribution < -0.4 is 10.2 Å². The number of halogens is 2. The van der Waals surface area contributed by atoms with Crippen LogP contribution in [0.25, 0.3) is 11.3 Å². The Balaban J connectivity index is 1.67. The molecule has 1 amide bonds. The predicted octanol–water partition coefficient (Wildman–Crippen LogP) is 4.38. The lowest BCUT2D eigenvalue weighted by molar-refractivity contribution is -0.114. The normalized spacial score (nSPS) is 10.6. The summed E-state index contributed by atoms with van der Waals surface area (Å²) in [4.78, 5) is 23.6. The van der Waals surface area contributed by atoms with Gasteiger partial charge in [-0.15, -0.1) is 11.3 Å². The highest BCUT2D eigenvalue weighted by molar-refractivity contribution is 7.16. The molecule has 1 aromatic carbocycles. The van der Waals surface area contributed by atoms with Crippen molar-refractivity contribution in [2.45, 2.75) is 6.92 Å². The molecule has 3 rings (SSSR count). The van der Waals surface area contributed by atoms with Gasteiger partial charge < -0.3 is 10.2 Å². The third-order valence-corrected chi connectivity index (χ3v) is 4.75. The number of nitrogens with one attached hydrogen (secondary N) is 1. The summed E-state index contributed by atoms with van der Waals surface area (Å²) >= 11 is 7.20. The fraction of sp³-hybridized carbons (Fsp3) is 0.167. The first-order valence-electron chi connectivity index (χ1n) is 7.78. The maximum Gasteiger partial charge on any atom is 0.245 e. The quantitative estimate of drug-likeness (QED) is 0.702. The molecule has 2 heterocycles. The van der Waals surface area contributed by atoms with E-state index in [0.29, 0.717) is 16.0 Å². The summed E-state index contributed by atoms with van der Waals surface area (Å²) in [7, 11) is 1.77. The maximum atomic E-state index is 13.1. The number of anilines is 2. The van der Waals surface area contributed by atoms with E-state index >= 15 is 0 Å². The van der Waals surface area contributed by atoms with Crippen LogP contribution in [0.1, 0.15) is 4.88 Å². The summed E-state index contributed by atoms with van der Waals surface area (Å²) in [6.45, 7) is 2.04. The zero-order valence-electron chi connectivity index (χ0n) is 14.2. The van der Waals surface area contributed by atoms with E-state index in [2.05, 4.69) is 15.3 Å². The van der Waals surface area contributed by atoms with Gasteiger partial charge in [0.15, 0.2) is 5.13 Å². The number of amides is 1. The molecule has 0 saturated heterocycles. The maximum absolute atomic E-state index is 13.1. The zero-order chi connectivity index (χ0) is 18.7. The lowest BCUT2D eigenvalue weighted by atomic mass is 10.1. The Morgan fingerprint density at radius 2 is 2.00 bits per heavy atom. The van der Waals surface area contributed by atoms with Crippen LogP contribution in [0.4, 0.5) is 15.3 Å². The first kappa shape index (κ1) is 18.3. The number of carbonyl (C=O) groups excluding carboxylic acids is 1. The minimum absolute atomic E-state index is 0.124.